The highest BCUT2D eigenvalue weighted by molar-refractivity contribution is 7.07. The summed E-state index contributed by atoms with van der Waals surface area (Å²) in [5.74, 6) is 0.782. The third-order valence-corrected chi connectivity index (χ3v) is 8.48. The van der Waals surface area contributed by atoms with Gasteiger partial charge in [-0.15, -0.1) is 0 Å². The molecule has 1 aliphatic carbocycles. The van der Waals surface area contributed by atoms with Crippen molar-refractivity contribution in [3.05, 3.63) is 126 Å². The van der Waals surface area contributed by atoms with Gasteiger partial charge in [-0.3, -0.25) is 9.36 Å². The van der Waals surface area contributed by atoms with Gasteiger partial charge in [-0.25, -0.2) is 4.99 Å². The van der Waals surface area contributed by atoms with E-state index in [0.29, 0.717) is 4.53 Å². The molecule has 0 radical (unpaired) electrons. The number of thiazole rings is 1. The summed E-state index contributed by atoms with van der Waals surface area (Å²) in [6.45, 7) is 2.05. The van der Waals surface area contributed by atoms with Crippen LogP contribution in [0.1, 0.15) is 40.4 Å². The molecule has 6 heteroatoms. The summed E-state index contributed by atoms with van der Waals surface area (Å²) < 4.78 is 8.13. The van der Waals surface area contributed by atoms with Gasteiger partial charge in [-0.2, -0.15) is 0 Å². The summed E-state index contributed by atoms with van der Waals surface area (Å²) >= 11 is 1.47. The number of ether oxygens (including phenoxy) is 1. The van der Waals surface area contributed by atoms with Crippen LogP contribution in [0.25, 0.3) is 22.7 Å². The Kier molecular flexibility index (Phi) is 5.04. The van der Waals surface area contributed by atoms with Crippen LogP contribution in [0.2, 0.25) is 0 Å². The number of hydrogen-bond acceptors (Lipinski definition) is 4. The zero-order chi connectivity index (χ0) is 25.1. The van der Waals surface area contributed by atoms with E-state index in [4.69, 9.17) is 9.73 Å². The molecule has 0 saturated heterocycles. The maximum absolute atomic E-state index is 14.1. The molecule has 37 heavy (non-hydrogen) atoms. The van der Waals surface area contributed by atoms with E-state index in [1.165, 1.54) is 28.0 Å². The number of aryl methyl sites for hydroxylation is 2. The van der Waals surface area contributed by atoms with Crippen LogP contribution >= 0.6 is 11.3 Å². The highest BCUT2D eigenvalue weighted by Crippen LogP contribution is 2.41. The highest BCUT2D eigenvalue weighted by Gasteiger charge is 2.32. The third kappa shape index (κ3) is 3.44. The molecule has 0 bridgehead atoms. The van der Waals surface area contributed by atoms with Crippen LogP contribution in [0.5, 0.6) is 5.75 Å². The van der Waals surface area contributed by atoms with E-state index in [-0.39, 0.29) is 11.6 Å². The van der Waals surface area contributed by atoms with Crippen molar-refractivity contribution >= 4 is 34.0 Å². The fraction of sp³-hybridized carbons (Fsp3) is 0.161. The summed E-state index contributed by atoms with van der Waals surface area (Å²) in [5.41, 5.74) is 8.87. The molecule has 0 fully saturated rings. The number of aromatic nitrogens is 2. The number of hydrogen-bond donors (Lipinski definition) is 1. The standard InChI is InChI=1S/C31H25N3O2S/c1-18-25(23-12-5-6-13-26(23)32-18)17-27-30(35)34-29(20-9-7-10-21(16-20)36-2)24-15-14-19-8-3-4-11-22(19)28(24)33-31(34)37-27/h3-13,16-17,29,32H,14-15H2,1-2H3/t29-/m1/s1. The zero-order valence-corrected chi connectivity index (χ0v) is 21.4. The predicted molar refractivity (Wildman–Crippen MR) is 149 cm³/mol. The monoisotopic (exact) mass is 503 g/mol. The number of aromatic amines is 1. The first-order valence-electron chi connectivity index (χ1n) is 12.5. The van der Waals surface area contributed by atoms with E-state index in [2.05, 4.69) is 54.4 Å². The molecule has 5 nitrogen and oxygen atoms in total. The van der Waals surface area contributed by atoms with Crippen LogP contribution in [0, 0.1) is 6.92 Å². The smallest absolute Gasteiger partial charge is 0.271 e. The molecule has 1 atom stereocenters. The fourth-order valence-electron chi connectivity index (χ4n) is 5.75. The number of rotatable bonds is 3. The van der Waals surface area contributed by atoms with Gasteiger partial charge in [0.15, 0.2) is 4.80 Å². The van der Waals surface area contributed by atoms with Crippen molar-refractivity contribution in [3.8, 4) is 5.75 Å². The lowest BCUT2D eigenvalue weighted by atomic mass is 9.83. The normalized spacial score (nSPS) is 16.8. The van der Waals surface area contributed by atoms with Crippen molar-refractivity contribution in [2.45, 2.75) is 25.8 Å². The molecule has 0 amide bonds. The summed E-state index contributed by atoms with van der Waals surface area (Å²) in [5, 5.41) is 1.11. The first kappa shape index (κ1) is 22.1. The maximum atomic E-state index is 14.1. The van der Waals surface area contributed by atoms with Gasteiger partial charge in [0.1, 0.15) is 5.75 Å². The summed E-state index contributed by atoms with van der Waals surface area (Å²) in [6, 6.07) is 24.6. The molecule has 5 aromatic rings. The van der Waals surface area contributed by atoms with Crippen LogP contribution < -0.4 is 19.6 Å². The molecule has 2 aromatic heterocycles. The maximum Gasteiger partial charge on any atom is 0.271 e. The van der Waals surface area contributed by atoms with Gasteiger partial charge < -0.3 is 9.72 Å². The summed E-state index contributed by atoms with van der Waals surface area (Å²) in [4.78, 5) is 23.4. The summed E-state index contributed by atoms with van der Waals surface area (Å²) in [7, 11) is 1.68. The second kappa shape index (κ2) is 8.46. The lowest BCUT2D eigenvalue weighted by Crippen LogP contribution is -2.38. The Morgan fingerprint density at radius 3 is 2.78 bits per heavy atom. The number of nitrogens with one attached hydrogen (secondary N) is 1. The van der Waals surface area contributed by atoms with Crippen molar-refractivity contribution in [3.63, 3.8) is 0 Å². The van der Waals surface area contributed by atoms with Crippen molar-refractivity contribution < 1.29 is 4.74 Å². The number of nitrogens with zero attached hydrogens (tertiary/aromatic N) is 2. The van der Waals surface area contributed by atoms with E-state index in [0.717, 1.165) is 56.8 Å². The van der Waals surface area contributed by atoms with Crippen LogP contribution in [0.15, 0.2) is 88.2 Å². The average molecular weight is 504 g/mol. The Morgan fingerprint density at radius 1 is 1.05 bits per heavy atom. The number of methoxy groups -OCH3 is 1. The van der Waals surface area contributed by atoms with Gasteiger partial charge in [-0.05, 0) is 60.7 Å². The van der Waals surface area contributed by atoms with Gasteiger partial charge >= 0.3 is 0 Å². The minimum atomic E-state index is -0.221. The van der Waals surface area contributed by atoms with Crippen LogP contribution in [-0.4, -0.2) is 16.7 Å². The van der Waals surface area contributed by atoms with Gasteiger partial charge in [0.2, 0.25) is 0 Å². The Hall–Kier alpha value is -4.16. The molecule has 182 valence electrons. The number of benzene rings is 3. The quantitative estimate of drug-likeness (QED) is 0.372. The first-order chi connectivity index (χ1) is 18.1. The summed E-state index contributed by atoms with van der Waals surface area (Å²) in [6.07, 6.45) is 3.82. The molecule has 1 aliphatic heterocycles. The molecule has 3 heterocycles. The van der Waals surface area contributed by atoms with Gasteiger partial charge in [0, 0.05) is 27.7 Å². The predicted octanol–water partition coefficient (Wildman–Crippen LogP) is 5.12. The Bertz CT molecular complexity index is 1920. The SMILES string of the molecule is COc1cccc([C@@H]2C3=C(N=c4sc(=Cc5c(C)[nH]c6ccccc56)c(=O)n42)c2ccccc2CC3)c1. The van der Waals surface area contributed by atoms with Crippen molar-refractivity contribution in [2.24, 2.45) is 4.99 Å². The number of para-hydroxylation sites is 1. The van der Waals surface area contributed by atoms with Crippen LogP contribution in [0.3, 0.4) is 0 Å². The zero-order valence-electron chi connectivity index (χ0n) is 20.6. The van der Waals surface area contributed by atoms with Gasteiger partial charge in [0.25, 0.3) is 5.56 Å². The van der Waals surface area contributed by atoms with E-state index in [1.54, 1.807) is 7.11 Å². The van der Waals surface area contributed by atoms with Crippen molar-refractivity contribution in [2.75, 3.05) is 7.11 Å². The number of H-pyrrole nitrogens is 1. The highest BCUT2D eigenvalue weighted by atomic mass is 32.1. The van der Waals surface area contributed by atoms with E-state index < -0.39 is 0 Å². The Labute approximate surface area is 217 Å². The molecule has 7 rings (SSSR count). The molecule has 3 aromatic carbocycles. The van der Waals surface area contributed by atoms with E-state index >= 15 is 0 Å². The lowest BCUT2D eigenvalue weighted by molar-refractivity contribution is 0.413. The second-order valence-corrected chi connectivity index (χ2v) is 10.6. The fourth-order valence-corrected chi connectivity index (χ4v) is 6.73. The average Bonchev–Trinajstić information content (AvgIpc) is 3.42. The van der Waals surface area contributed by atoms with E-state index in [1.807, 2.05) is 41.0 Å². The molecule has 1 N–H and O–H groups in total. The number of fused-ring (bicyclic) bond motifs is 4. The van der Waals surface area contributed by atoms with Crippen LogP contribution in [0.4, 0.5) is 0 Å². The Balaban J connectivity index is 1.51. The van der Waals surface area contributed by atoms with Crippen molar-refractivity contribution in [1.82, 2.24) is 9.55 Å². The molecular weight excluding hydrogens is 478 g/mol. The van der Waals surface area contributed by atoms with E-state index in [9.17, 15) is 4.79 Å². The minimum absolute atomic E-state index is 0.00772. The second-order valence-electron chi connectivity index (χ2n) is 9.60. The largest absolute Gasteiger partial charge is 0.497 e. The van der Waals surface area contributed by atoms with Crippen molar-refractivity contribution in [1.29, 1.82) is 0 Å². The van der Waals surface area contributed by atoms with Crippen LogP contribution in [-0.2, 0) is 6.42 Å². The van der Waals surface area contributed by atoms with Gasteiger partial charge in [0.05, 0.1) is 23.4 Å². The lowest BCUT2D eigenvalue weighted by Gasteiger charge is -2.31. The molecule has 0 saturated carbocycles. The molecule has 2 aliphatic rings. The topological polar surface area (TPSA) is 59.4 Å². The first-order valence-corrected chi connectivity index (χ1v) is 13.3. The van der Waals surface area contributed by atoms with Gasteiger partial charge in [-0.1, -0.05) is 65.9 Å². The third-order valence-electron chi connectivity index (χ3n) is 7.50. The Morgan fingerprint density at radius 2 is 1.89 bits per heavy atom. The number of allylic oxidation sites excluding steroid dienone is 1. The molecular formula is C31H25N3O2S. The minimum Gasteiger partial charge on any atom is -0.497 e. The molecule has 0 unspecified atom stereocenters. The molecule has 0 spiro atoms.